The summed E-state index contributed by atoms with van der Waals surface area (Å²) in [5.74, 6) is 0.612. The van der Waals surface area contributed by atoms with Crippen LogP contribution in [0.1, 0.15) is 38.4 Å². The smallest absolute Gasteiger partial charge is 0.216 e. The topological polar surface area (TPSA) is 52.6 Å². The Labute approximate surface area is 120 Å². The summed E-state index contributed by atoms with van der Waals surface area (Å²) < 4.78 is 0. The van der Waals surface area contributed by atoms with Gasteiger partial charge in [0.05, 0.1) is 6.10 Å². The number of aliphatic hydroxyl groups is 1. The largest absolute Gasteiger partial charge is 0.389 e. The minimum Gasteiger partial charge on any atom is -0.389 e. The number of carbonyl (C=O) groups excluding carboxylic acids is 1. The van der Waals surface area contributed by atoms with E-state index in [0.717, 1.165) is 43.7 Å². The van der Waals surface area contributed by atoms with Crippen LogP contribution in [0.3, 0.4) is 0 Å². The van der Waals surface area contributed by atoms with Gasteiger partial charge in [0.25, 0.3) is 0 Å². The van der Waals surface area contributed by atoms with E-state index in [2.05, 4.69) is 16.3 Å². The lowest BCUT2D eigenvalue weighted by molar-refractivity contribution is -0.119. The molecule has 0 radical (unpaired) electrons. The predicted octanol–water partition coefficient (Wildman–Crippen LogP) is 2.09. The second kappa shape index (κ2) is 6.75. The zero-order valence-corrected chi connectivity index (χ0v) is 12.3. The SMILES string of the molecule is CC(=O)NCC1CCN(c2ccccc2[C@@H](C)O)CC1. The zero-order valence-electron chi connectivity index (χ0n) is 12.3. The third kappa shape index (κ3) is 3.73. The molecule has 1 heterocycles. The summed E-state index contributed by atoms with van der Waals surface area (Å²) in [5.41, 5.74) is 2.13. The van der Waals surface area contributed by atoms with Crippen molar-refractivity contribution in [3.05, 3.63) is 29.8 Å². The number of carbonyl (C=O) groups is 1. The van der Waals surface area contributed by atoms with E-state index in [1.165, 1.54) is 0 Å². The molecule has 0 bridgehead atoms. The summed E-state index contributed by atoms with van der Waals surface area (Å²) in [5, 5.41) is 12.8. The standard InChI is InChI=1S/C16H24N2O2/c1-12(19)15-5-3-4-6-16(15)18-9-7-14(8-10-18)11-17-13(2)20/h3-6,12,14,19H,7-11H2,1-2H3,(H,17,20)/t12-/m1/s1. The fourth-order valence-corrected chi connectivity index (χ4v) is 2.79. The Bertz CT molecular complexity index is 452. The predicted molar refractivity (Wildman–Crippen MR) is 80.7 cm³/mol. The average molecular weight is 276 g/mol. The molecule has 4 nitrogen and oxygen atoms in total. The van der Waals surface area contributed by atoms with Gasteiger partial charge in [-0.15, -0.1) is 0 Å². The zero-order chi connectivity index (χ0) is 14.5. The van der Waals surface area contributed by atoms with Crippen LogP contribution in [0.15, 0.2) is 24.3 Å². The molecule has 1 aliphatic heterocycles. The van der Waals surface area contributed by atoms with Gasteiger partial charge in [-0.1, -0.05) is 18.2 Å². The first-order chi connectivity index (χ1) is 9.58. The lowest BCUT2D eigenvalue weighted by atomic mass is 9.95. The highest BCUT2D eigenvalue weighted by atomic mass is 16.3. The quantitative estimate of drug-likeness (QED) is 0.885. The van der Waals surface area contributed by atoms with Crippen molar-refractivity contribution in [2.24, 2.45) is 5.92 Å². The van der Waals surface area contributed by atoms with Gasteiger partial charge in [-0.05, 0) is 31.7 Å². The first-order valence-corrected chi connectivity index (χ1v) is 7.34. The number of aliphatic hydroxyl groups excluding tert-OH is 1. The number of rotatable bonds is 4. The van der Waals surface area contributed by atoms with E-state index < -0.39 is 6.10 Å². The lowest BCUT2D eigenvalue weighted by Gasteiger charge is -2.35. The van der Waals surface area contributed by atoms with Crippen molar-refractivity contribution in [2.45, 2.75) is 32.8 Å². The maximum absolute atomic E-state index is 10.9. The molecule has 2 rings (SSSR count). The number of benzene rings is 1. The Balaban J connectivity index is 1.95. The van der Waals surface area contributed by atoms with Crippen molar-refractivity contribution in [1.29, 1.82) is 0 Å². The van der Waals surface area contributed by atoms with Gasteiger partial charge in [-0.3, -0.25) is 4.79 Å². The monoisotopic (exact) mass is 276 g/mol. The van der Waals surface area contributed by atoms with Crippen LogP contribution < -0.4 is 10.2 Å². The fourth-order valence-electron chi connectivity index (χ4n) is 2.79. The molecular formula is C16H24N2O2. The molecule has 1 aromatic rings. The number of piperidine rings is 1. The number of nitrogens with zero attached hydrogens (tertiary/aromatic N) is 1. The molecular weight excluding hydrogens is 252 g/mol. The summed E-state index contributed by atoms with van der Waals surface area (Å²) in [7, 11) is 0. The second-order valence-electron chi connectivity index (χ2n) is 5.60. The molecule has 0 unspecified atom stereocenters. The summed E-state index contributed by atoms with van der Waals surface area (Å²) in [6, 6.07) is 8.05. The van der Waals surface area contributed by atoms with Gasteiger partial charge >= 0.3 is 0 Å². The number of amides is 1. The van der Waals surface area contributed by atoms with Gasteiger partial charge in [-0.25, -0.2) is 0 Å². The van der Waals surface area contributed by atoms with Crippen molar-refractivity contribution in [3.63, 3.8) is 0 Å². The normalized spacial score (nSPS) is 17.9. The summed E-state index contributed by atoms with van der Waals surface area (Å²) >= 11 is 0. The highest BCUT2D eigenvalue weighted by Crippen LogP contribution is 2.29. The van der Waals surface area contributed by atoms with E-state index in [9.17, 15) is 9.90 Å². The number of para-hydroxylation sites is 1. The van der Waals surface area contributed by atoms with E-state index in [-0.39, 0.29) is 5.91 Å². The Kier molecular flexibility index (Phi) is 5.01. The van der Waals surface area contributed by atoms with Crippen molar-refractivity contribution >= 4 is 11.6 Å². The molecule has 1 saturated heterocycles. The molecule has 4 heteroatoms. The van der Waals surface area contributed by atoms with Crippen LogP contribution in [0.5, 0.6) is 0 Å². The van der Waals surface area contributed by atoms with Crippen molar-refractivity contribution in [1.82, 2.24) is 5.32 Å². The van der Waals surface area contributed by atoms with Crippen LogP contribution >= 0.6 is 0 Å². The Morgan fingerprint density at radius 3 is 2.65 bits per heavy atom. The van der Waals surface area contributed by atoms with Crippen molar-refractivity contribution < 1.29 is 9.90 Å². The maximum atomic E-state index is 10.9. The van der Waals surface area contributed by atoms with E-state index in [4.69, 9.17) is 0 Å². The summed E-state index contributed by atoms with van der Waals surface area (Å²) in [6.45, 7) is 6.11. The molecule has 1 fully saturated rings. The van der Waals surface area contributed by atoms with Gasteiger partial charge in [0.2, 0.25) is 5.91 Å². The van der Waals surface area contributed by atoms with Crippen LogP contribution in [0.4, 0.5) is 5.69 Å². The Hall–Kier alpha value is -1.55. The third-order valence-electron chi connectivity index (χ3n) is 3.98. The number of hydrogen-bond donors (Lipinski definition) is 2. The molecule has 1 atom stereocenters. The molecule has 20 heavy (non-hydrogen) atoms. The number of nitrogens with one attached hydrogen (secondary N) is 1. The van der Waals surface area contributed by atoms with Crippen LogP contribution in [0, 0.1) is 5.92 Å². The number of hydrogen-bond acceptors (Lipinski definition) is 3. The molecule has 110 valence electrons. The maximum Gasteiger partial charge on any atom is 0.216 e. The minimum absolute atomic E-state index is 0.0480. The van der Waals surface area contributed by atoms with Crippen molar-refractivity contribution in [3.8, 4) is 0 Å². The molecule has 1 aliphatic rings. The lowest BCUT2D eigenvalue weighted by Crippen LogP contribution is -2.38. The molecule has 0 aromatic heterocycles. The van der Waals surface area contributed by atoms with Gasteiger partial charge in [-0.2, -0.15) is 0 Å². The molecule has 2 N–H and O–H groups in total. The molecule has 0 aliphatic carbocycles. The average Bonchev–Trinajstić information content (AvgIpc) is 2.45. The van der Waals surface area contributed by atoms with Gasteiger partial charge < -0.3 is 15.3 Å². The molecule has 1 amide bonds. The summed E-state index contributed by atoms with van der Waals surface area (Å²) in [4.78, 5) is 13.3. The van der Waals surface area contributed by atoms with E-state index in [1.807, 2.05) is 25.1 Å². The van der Waals surface area contributed by atoms with Crippen LogP contribution in [-0.2, 0) is 4.79 Å². The fraction of sp³-hybridized carbons (Fsp3) is 0.562. The highest BCUT2D eigenvalue weighted by molar-refractivity contribution is 5.72. The minimum atomic E-state index is -0.441. The number of anilines is 1. The summed E-state index contributed by atoms with van der Waals surface area (Å²) in [6.07, 6.45) is 1.71. The van der Waals surface area contributed by atoms with Crippen molar-refractivity contribution in [2.75, 3.05) is 24.5 Å². The molecule has 0 saturated carbocycles. The first-order valence-electron chi connectivity index (χ1n) is 7.34. The first kappa shape index (κ1) is 14.9. The third-order valence-corrected chi connectivity index (χ3v) is 3.98. The van der Waals surface area contributed by atoms with Crippen LogP contribution in [0.25, 0.3) is 0 Å². The van der Waals surface area contributed by atoms with E-state index in [0.29, 0.717) is 5.92 Å². The molecule has 0 spiro atoms. The second-order valence-corrected chi connectivity index (χ2v) is 5.60. The Morgan fingerprint density at radius 1 is 1.40 bits per heavy atom. The van der Waals surface area contributed by atoms with Gasteiger partial charge in [0.15, 0.2) is 0 Å². The Morgan fingerprint density at radius 2 is 2.05 bits per heavy atom. The van der Waals surface area contributed by atoms with Gasteiger partial charge in [0.1, 0.15) is 0 Å². The van der Waals surface area contributed by atoms with Gasteiger partial charge in [0, 0.05) is 37.8 Å². The van der Waals surface area contributed by atoms with Crippen LogP contribution in [0.2, 0.25) is 0 Å². The van der Waals surface area contributed by atoms with Crippen LogP contribution in [-0.4, -0.2) is 30.6 Å². The molecule has 1 aromatic carbocycles. The highest BCUT2D eigenvalue weighted by Gasteiger charge is 2.21. The van der Waals surface area contributed by atoms with E-state index >= 15 is 0 Å². The van der Waals surface area contributed by atoms with E-state index in [1.54, 1.807) is 6.92 Å².